The summed E-state index contributed by atoms with van der Waals surface area (Å²) in [5.74, 6) is -0.464. The van der Waals surface area contributed by atoms with E-state index in [0.29, 0.717) is 10.7 Å². The summed E-state index contributed by atoms with van der Waals surface area (Å²) in [6.07, 6.45) is 0. The molecule has 0 saturated heterocycles. The second-order valence-electron chi connectivity index (χ2n) is 5.44. The fourth-order valence-corrected chi connectivity index (χ4v) is 2.27. The second-order valence-corrected chi connectivity index (χ2v) is 6.41. The molecule has 1 aromatic carbocycles. The van der Waals surface area contributed by atoms with E-state index >= 15 is 0 Å². The number of urea groups is 1. The molecule has 7 heteroatoms. The third-order valence-corrected chi connectivity index (χ3v) is 3.81. The predicted molar refractivity (Wildman–Crippen MR) is 81.5 cm³/mol. The van der Waals surface area contributed by atoms with E-state index in [1.54, 1.807) is 30.3 Å². The van der Waals surface area contributed by atoms with Crippen molar-refractivity contribution >= 4 is 28.4 Å². The van der Waals surface area contributed by atoms with Crippen molar-refractivity contribution in [1.29, 1.82) is 0 Å². The van der Waals surface area contributed by atoms with Crippen molar-refractivity contribution in [3.05, 3.63) is 40.9 Å². The molecule has 2 N–H and O–H groups in total. The standard InChI is InChI=1S/C14H16N4O2S/c1-14(2,3)11-17-18-13(21-11)16-12(20)15-10(19)9-7-5-4-6-8-9/h4-8H,1-3H3,(H2,15,16,18,19,20). The Kier molecular flexibility index (Phi) is 4.32. The summed E-state index contributed by atoms with van der Waals surface area (Å²) in [4.78, 5) is 23.6. The van der Waals surface area contributed by atoms with E-state index in [1.807, 2.05) is 20.8 Å². The van der Waals surface area contributed by atoms with Gasteiger partial charge >= 0.3 is 6.03 Å². The summed E-state index contributed by atoms with van der Waals surface area (Å²) in [6, 6.07) is 7.89. The number of nitrogens with zero attached hydrogens (tertiary/aromatic N) is 2. The number of rotatable bonds is 2. The number of hydrogen-bond acceptors (Lipinski definition) is 5. The van der Waals surface area contributed by atoms with E-state index < -0.39 is 11.9 Å². The largest absolute Gasteiger partial charge is 0.328 e. The zero-order chi connectivity index (χ0) is 15.5. The van der Waals surface area contributed by atoms with Crippen LogP contribution in [0.15, 0.2) is 30.3 Å². The Balaban J connectivity index is 1.96. The summed E-state index contributed by atoms with van der Waals surface area (Å²) in [7, 11) is 0. The molecular weight excluding hydrogens is 288 g/mol. The van der Waals surface area contributed by atoms with Gasteiger partial charge in [0.2, 0.25) is 5.13 Å². The zero-order valence-corrected chi connectivity index (χ0v) is 12.8. The number of imide groups is 1. The van der Waals surface area contributed by atoms with Gasteiger partial charge in [-0.25, -0.2) is 4.79 Å². The smallest absolute Gasteiger partial charge is 0.282 e. The molecule has 21 heavy (non-hydrogen) atoms. The molecule has 0 aliphatic rings. The van der Waals surface area contributed by atoms with Crippen LogP contribution in [0, 0.1) is 0 Å². The van der Waals surface area contributed by atoms with Crippen LogP contribution in [0.3, 0.4) is 0 Å². The molecule has 6 nitrogen and oxygen atoms in total. The van der Waals surface area contributed by atoms with Crippen molar-refractivity contribution in [1.82, 2.24) is 15.5 Å². The minimum atomic E-state index is -0.625. The Morgan fingerprint density at radius 3 is 2.33 bits per heavy atom. The van der Waals surface area contributed by atoms with E-state index in [0.717, 1.165) is 5.01 Å². The van der Waals surface area contributed by atoms with Crippen LogP contribution in [0.1, 0.15) is 36.1 Å². The van der Waals surface area contributed by atoms with Gasteiger partial charge in [-0.05, 0) is 12.1 Å². The lowest BCUT2D eigenvalue weighted by Crippen LogP contribution is -2.34. The Bertz CT molecular complexity index is 646. The fourth-order valence-electron chi connectivity index (χ4n) is 1.47. The van der Waals surface area contributed by atoms with E-state index in [2.05, 4.69) is 20.8 Å². The summed E-state index contributed by atoms with van der Waals surface area (Å²) >= 11 is 1.29. The number of carbonyl (C=O) groups excluding carboxylic acids is 2. The zero-order valence-electron chi connectivity index (χ0n) is 12.0. The van der Waals surface area contributed by atoms with Crippen molar-refractivity contribution in [2.45, 2.75) is 26.2 Å². The maximum Gasteiger partial charge on any atom is 0.328 e. The van der Waals surface area contributed by atoms with Crippen LogP contribution in [0.25, 0.3) is 0 Å². The van der Waals surface area contributed by atoms with Gasteiger partial charge in [-0.3, -0.25) is 15.4 Å². The van der Waals surface area contributed by atoms with Crippen molar-refractivity contribution in [3.63, 3.8) is 0 Å². The molecule has 0 fully saturated rings. The molecular formula is C14H16N4O2S. The predicted octanol–water partition coefficient (Wildman–Crippen LogP) is 2.80. The molecule has 110 valence electrons. The van der Waals surface area contributed by atoms with Gasteiger partial charge in [0, 0.05) is 11.0 Å². The Morgan fingerprint density at radius 2 is 1.76 bits per heavy atom. The molecule has 0 aliphatic heterocycles. The van der Waals surface area contributed by atoms with Gasteiger partial charge in [0.15, 0.2) is 0 Å². The molecule has 0 radical (unpaired) electrons. The normalized spacial score (nSPS) is 11.0. The molecule has 1 heterocycles. The quantitative estimate of drug-likeness (QED) is 0.893. The Labute approximate surface area is 126 Å². The number of anilines is 1. The van der Waals surface area contributed by atoms with E-state index in [9.17, 15) is 9.59 Å². The van der Waals surface area contributed by atoms with Crippen molar-refractivity contribution in [2.24, 2.45) is 0 Å². The molecule has 0 spiro atoms. The summed E-state index contributed by atoms with van der Waals surface area (Å²) in [5, 5.41) is 13.8. The number of hydrogen-bond donors (Lipinski definition) is 2. The lowest BCUT2D eigenvalue weighted by Gasteiger charge is -2.12. The summed E-state index contributed by atoms with van der Waals surface area (Å²) in [6.45, 7) is 6.03. The van der Waals surface area contributed by atoms with Gasteiger partial charge < -0.3 is 0 Å². The van der Waals surface area contributed by atoms with E-state index in [4.69, 9.17) is 0 Å². The highest BCUT2D eigenvalue weighted by Gasteiger charge is 2.20. The third-order valence-electron chi connectivity index (χ3n) is 2.55. The van der Waals surface area contributed by atoms with Crippen LogP contribution in [0.5, 0.6) is 0 Å². The number of amides is 3. The van der Waals surface area contributed by atoms with Gasteiger partial charge in [0.05, 0.1) is 0 Å². The van der Waals surface area contributed by atoms with Crippen LogP contribution in [-0.2, 0) is 5.41 Å². The number of nitrogens with one attached hydrogen (secondary N) is 2. The molecule has 2 rings (SSSR count). The highest BCUT2D eigenvalue weighted by molar-refractivity contribution is 7.15. The number of benzene rings is 1. The Morgan fingerprint density at radius 1 is 1.10 bits per heavy atom. The molecule has 0 unspecified atom stereocenters. The molecule has 3 amide bonds. The first kappa shape index (κ1) is 15.1. The molecule has 2 aromatic rings. The van der Waals surface area contributed by atoms with E-state index in [1.165, 1.54) is 11.3 Å². The first-order valence-electron chi connectivity index (χ1n) is 6.37. The molecule has 0 bridgehead atoms. The highest BCUT2D eigenvalue weighted by atomic mass is 32.1. The number of aromatic nitrogens is 2. The molecule has 0 atom stereocenters. The van der Waals surface area contributed by atoms with Crippen molar-refractivity contribution in [2.75, 3.05) is 5.32 Å². The van der Waals surface area contributed by atoms with Crippen LogP contribution in [0.4, 0.5) is 9.93 Å². The first-order chi connectivity index (χ1) is 9.86. The highest BCUT2D eigenvalue weighted by Crippen LogP contribution is 2.27. The monoisotopic (exact) mass is 304 g/mol. The van der Waals surface area contributed by atoms with Crippen molar-refractivity contribution < 1.29 is 9.59 Å². The van der Waals surface area contributed by atoms with Crippen LogP contribution in [0.2, 0.25) is 0 Å². The third kappa shape index (κ3) is 4.09. The van der Waals surface area contributed by atoms with Crippen LogP contribution in [-0.4, -0.2) is 22.1 Å². The molecule has 0 aliphatic carbocycles. The maximum absolute atomic E-state index is 11.8. The maximum atomic E-state index is 11.8. The second kappa shape index (κ2) is 6.01. The summed E-state index contributed by atoms with van der Waals surface area (Å²) < 4.78 is 0. The fraction of sp³-hybridized carbons (Fsp3) is 0.286. The summed E-state index contributed by atoms with van der Waals surface area (Å²) in [5.41, 5.74) is 0.286. The minimum Gasteiger partial charge on any atom is -0.282 e. The molecule has 1 aromatic heterocycles. The number of carbonyl (C=O) groups is 2. The van der Waals surface area contributed by atoms with Gasteiger partial charge in [0.1, 0.15) is 5.01 Å². The lowest BCUT2D eigenvalue weighted by atomic mass is 9.98. The average Bonchev–Trinajstić information content (AvgIpc) is 2.88. The van der Waals surface area contributed by atoms with Gasteiger partial charge in [-0.2, -0.15) is 0 Å². The Hall–Kier alpha value is -2.28. The topological polar surface area (TPSA) is 84.0 Å². The van der Waals surface area contributed by atoms with Crippen molar-refractivity contribution in [3.8, 4) is 0 Å². The SMILES string of the molecule is CC(C)(C)c1nnc(NC(=O)NC(=O)c2ccccc2)s1. The average molecular weight is 304 g/mol. The van der Waals surface area contributed by atoms with Gasteiger partial charge in [-0.15, -0.1) is 10.2 Å². The van der Waals surface area contributed by atoms with E-state index in [-0.39, 0.29) is 5.41 Å². The first-order valence-corrected chi connectivity index (χ1v) is 7.19. The minimum absolute atomic E-state index is 0.131. The van der Waals surface area contributed by atoms with Gasteiger partial charge in [-0.1, -0.05) is 50.3 Å². The van der Waals surface area contributed by atoms with Crippen LogP contribution >= 0.6 is 11.3 Å². The van der Waals surface area contributed by atoms with Crippen LogP contribution < -0.4 is 10.6 Å². The lowest BCUT2D eigenvalue weighted by molar-refractivity contribution is 0.0967. The van der Waals surface area contributed by atoms with Gasteiger partial charge in [0.25, 0.3) is 5.91 Å². The molecule has 0 saturated carbocycles.